The van der Waals surface area contributed by atoms with Crippen LogP contribution in [-0.2, 0) is 0 Å². The lowest BCUT2D eigenvalue weighted by molar-refractivity contribution is 0.414. The number of aromatic hydroxyl groups is 1. The predicted molar refractivity (Wildman–Crippen MR) is 89.9 cm³/mol. The number of pyridine rings is 1. The average molecular weight is 327 g/mol. The molecule has 0 bridgehead atoms. The fourth-order valence-electron chi connectivity index (χ4n) is 2.77. The standard InChI is InChI=1S/C17H17N3O4/c1-8(10-4-6-11(24-3)7-5-10)14-12-13(15(21)9(2)18-14)17(23)20-19-16(12)22/h4-8,21H,1-3H3,(H,19,22)(H,20,23). The van der Waals surface area contributed by atoms with Crippen LogP contribution in [0.5, 0.6) is 11.5 Å². The van der Waals surface area contributed by atoms with Crippen molar-refractivity contribution in [2.24, 2.45) is 0 Å². The largest absolute Gasteiger partial charge is 0.505 e. The third-order valence-electron chi connectivity index (χ3n) is 4.14. The topological polar surface area (TPSA) is 108 Å². The Morgan fingerprint density at radius 2 is 1.67 bits per heavy atom. The molecule has 0 amide bonds. The van der Waals surface area contributed by atoms with Crippen LogP contribution < -0.4 is 15.9 Å². The van der Waals surface area contributed by atoms with E-state index in [1.165, 1.54) is 0 Å². The van der Waals surface area contributed by atoms with Crippen molar-refractivity contribution in [1.82, 2.24) is 15.2 Å². The molecule has 24 heavy (non-hydrogen) atoms. The number of nitrogens with zero attached hydrogens (tertiary/aromatic N) is 1. The van der Waals surface area contributed by atoms with Crippen LogP contribution in [0.4, 0.5) is 0 Å². The second kappa shape index (κ2) is 5.84. The van der Waals surface area contributed by atoms with Crippen molar-refractivity contribution < 1.29 is 9.84 Å². The number of methoxy groups -OCH3 is 1. The van der Waals surface area contributed by atoms with Gasteiger partial charge in [0, 0.05) is 5.92 Å². The van der Waals surface area contributed by atoms with E-state index in [1.807, 2.05) is 31.2 Å². The van der Waals surface area contributed by atoms with Crippen molar-refractivity contribution in [3.63, 3.8) is 0 Å². The van der Waals surface area contributed by atoms with Crippen LogP contribution >= 0.6 is 0 Å². The summed E-state index contributed by atoms with van der Waals surface area (Å²) in [6, 6.07) is 7.39. The summed E-state index contributed by atoms with van der Waals surface area (Å²) in [6.45, 7) is 3.49. The van der Waals surface area contributed by atoms with Crippen molar-refractivity contribution in [2.45, 2.75) is 19.8 Å². The zero-order chi connectivity index (χ0) is 17.4. The maximum Gasteiger partial charge on any atom is 0.274 e. The molecule has 1 atom stereocenters. The number of H-pyrrole nitrogens is 2. The molecular weight excluding hydrogens is 310 g/mol. The number of nitrogens with one attached hydrogen (secondary N) is 2. The Balaban J connectivity index is 2.29. The zero-order valence-corrected chi connectivity index (χ0v) is 13.5. The molecule has 2 heterocycles. The summed E-state index contributed by atoms with van der Waals surface area (Å²) in [6.07, 6.45) is 0. The molecule has 0 saturated carbocycles. The normalized spacial score (nSPS) is 12.3. The third kappa shape index (κ3) is 2.44. The molecule has 7 heteroatoms. The van der Waals surface area contributed by atoms with Gasteiger partial charge in [0.2, 0.25) is 0 Å². The highest BCUT2D eigenvalue weighted by atomic mass is 16.5. The molecule has 1 unspecified atom stereocenters. The Hall–Kier alpha value is -3.09. The number of aromatic nitrogens is 3. The van der Waals surface area contributed by atoms with E-state index >= 15 is 0 Å². The van der Waals surface area contributed by atoms with E-state index < -0.39 is 11.1 Å². The molecule has 3 rings (SSSR count). The fourth-order valence-corrected chi connectivity index (χ4v) is 2.77. The van der Waals surface area contributed by atoms with Gasteiger partial charge >= 0.3 is 0 Å². The van der Waals surface area contributed by atoms with E-state index in [4.69, 9.17) is 4.74 Å². The lowest BCUT2D eigenvalue weighted by Crippen LogP contribution is -2.22. The molecule has 0 spiro atoms. The zero-order valence-electron chi connectivity index (χ0n) is 13.5. The van der Waals surface area contributed by atoms with Crippen molar-refractivity contribution in [2.75, 3.05) is 7.11 Å². The van der Waals surface area contributed by atoms with Crippen LogP contribution in [0.2, 0.25) is 0 Å². The molecule has 124 valence electrons. The number of hydrogen-bond donors (Lipinski definition) is 3. The molecule has 3 N–H and O–H groups in total. The fraction of sp³-hybridized carbons (Fsp3) is 0.235. The highest BCUT2D eigenvalue weighted by Gasteiger charge is 2.21. The van der Waals surface area contributed by atoms with Gasteiger partial charge < -0.3 is 9.84 Å². The second-order valence-electron chi connectivity index (χ2n) is 5.58. The van der Waals surface area contributed by atoms with E-state index in [-0.39, 0.29) is 22.4 Å². The number of fused-ring (bicyclic) bond motifs is 1. The maximum absolute atomic E-state index is 12.3. The first-order valence-electron chi connectivity index (χ1n) is 7.42. The van der Waals surface area contributed by atoms with E-state index in [2.05, 4.69) is 15.2 Å². The van der Waals surface area contributed by atoms with Gasteiger partial charge in [0.05, 0.1) is 29.3 Å². The number of benzene rings is 1. The molecule has 2 aromatic heterocycles. The van der Waals surface area contributed by atoms with Gasteiger partial charge in [0.25, 0.3) is 11.1 Å². The molecule has 0 aliphatic carbocycles. The van der Waals surface area contributed by atoms with Gasteiger partial charge in [-0.25, -0.2) is 0 Å². The lowest BCUT2D eigenvalue weighted by atomic mass is 9.94. The van der Waals surface area contributed by atoms with Gasteiger partial charge in [-0.05, 0) is 24.6 Å². The van der Waals surface area contributed by atoms with Gasteiger partial charge in [-0.1, -0.05) is 19.1 Å². The summed E-state index contributed by atoms with van der Waals surface area (Å²) in [4.78, 5) is 28.7. The minimum absolute atomic E-state index is 0.0402. The number of hydrogen-bond acceptors (Lipinski definition) is 5. The molecule has 0 aliphatic heterocycles. The number of aromatic amines is 2. The van der Waals surface area contributed by atoms with Gasteiger partial charge in [0.1, 0.15) is 11.5 Å². The number of aryl methyl sites for hydroxylation is 1. The molecule has 1 aromatic carbocycles. The van der Waals surface area contributed by atoms with E-state index in [9.17, 15) is 14.7 Å². The van der Waals surface area contributed by atoms with Gasteiger partial charge in [-0.15, -0.1) is 0 Å². The molecule has 0 fully saturated rings. The van der Waals surface area contributed by atoms with E-state index in [0.29, 0.717) is 11.4 Å². The minimum atomic E-state index is -0.559. The molecule has 0 aliphatic rings. The third-order valence-corrected chi connectivity index (χ3v) is 4.14. The summed E-state index contributed by atoms with van der Waals surface area (Å²) in [7, 11) is 1.59. The van der Waals surface area contributed by atoms with Crippen molar-refractivity contribution in [3.8, 4) is 11.5 Å². The van der Waals surface area contributed by atoms with Crippen LogP contribution in [0.25, 0.3) is 10.8 Å². The van der Waals surface area contributed by atoms with Crippen molar-refractivity contribution in [3.05, 3.63) is 61.9 Å². The smallest absolute Gasteiger partial charge is 0.274 e. The Morgan fingerprint density at radius 3 is 2.25 bits per heavy atom. The molecule has 3 aromatic rings. The summed E-state index contributed by atoms with van der Waals surface area (Å²) < 4.78 is 5.15. The Morgan fingerprint density at radius 1 is 1.08 bits per heavy atom. The molecular formula is C17H17N3O4. The quantitative estimate of drug-likeness (QED) is 0.679. The molecule has 0 saturated heterocycles. The van der Waals surface area contributed by atoms with Crippen molar-refractivity contribution in [1.29, 1.82) is 0 Å². The molecule has 0 radical (unpaired) electrons. The highest BCUT2D eigenvalue weighted by molar-refractivity contribution is 5.89. The molecule has 7 nitrogen and oxygen atoms in total. The van der Waals surface area contributed by atoms with Gasteiger partial charge in [-0.3, -0.25) is 24.8 Å². The minimum Gasteiger partial charge on any atom is -0.505 e. The van der Waals surface area contributed by atoms with Gasteiger partial charge in [-0.2, -0.15) is 0 Å². The van der Waals surface area contributed by atoms with Crippen LogP contribution in [0, 0.1) is 6.92 Å². The van der Waals surface area contributed by atoms with Gasteiger partial charge in [0.15, 0.2) is 0 Å². The maximum atomic E-state index is 12.3. The Labute approximate surface area is 136 Å². The average Bonchev–Trinajstić information content (AvgIpc) is 2.60. The summed E-state index contributed by atoms with van der Waals surface area (Å²) >= 11 is 0. The van der Waals surface area contributed by atoms with E-state index in [0.717, 1.165) is 11.3 Å². The predicted octanol–water partition coefficient (Wildman–Crippen LogP) is 1.79. The highest BCUT2D eigenvalue weighted by Crippen LogP contribution is 2.31. The Kier molecular flexibility index (Phi) is 3.84. The Bertz CT molecular complexity index is 1020. The van der Waals surface area contributed by atoms with Crippen LogP contribution in [0.15, 0.2) is 33.9 Å². The monoisotopic (exact) mass is 327 g/mol. The van der Waals surface area contributed by atoms with Crippen molar-refractivity contribution >= 4 is 10.8 Å². The summed E-state index contributed by atoms with van der Waals surface area (Å²) in [5, 5.41) is 14.7. The summed E-state index contributed by atoms with van der Waals surface area (Å²) in [5.74, 6) is 0.198. The first-order chi connectivity index (χ1) is 11.4. The second-order valence-corrected chi connectivity index (χ2v) is 5.58. The van der Waals surface area contributed by atoms with Crippen LogP contribution in [-0.4, -0.2) is 27.4 Å². The first kappa shape index (κ1) is 15.8. The number of ether oxygens (including phenoxy) is 1. The van der Waals surface area contributed by atoms with Crippen LogP contribution in [0.3, 0.4) is 0 Å². The first-order valence-corrected chi connectivity index (χ1v) is 7.42. The SMILES string of the molecule is COc1ccc(C(C)c2nc(C)c(O)c3c(=O)[nH][nH]c(=O)c23)cc1. The van der Waals surface area contributed by atoms with E-state index in [1.54, 1.807) is 14.0 Å². The number of rotatable bonds is 3. The summed E-state index contributed by atoms with van der Waals surface area (Å²) in [5.41, 5.74) is 0.597. The van der Waals surface area contributed by atoms with Crippen LogP contribution in [0.1, 0.15) is 29.8 Å². The lowest BCUT2D eigenvalue weighted by Gasteiger charge is -2.15.